The summed E-state index contributed by atoms with van der Waals surface area (Å²) < 4.78 is 26.9. The summed E-state index contributed by atoms with van der Waals surface area (Å²) in [6.07, 6.45) is 2.61. The van der Waals surface area contributed by atoms with E-state index in [4.69, 9.17) is 5.73 Å². The van der Waals surface area contributed by atoms with E-state index < -0.39 is 20.5 Å². The van der Waals surface area contributed by atoms with E-state index in [1.807, 2.05) is 0 Å². The van der Waals surface area contributed by atoms with Gasteiger partial charge in [-0.25, -0.2) is 13.1 Å². The van der Waals surface area contributed by atoms with Crippen LogP contribution in [0.1, 0.15) is 24.8 Å². The molecule has 2 rings (SSSR count). The van der Waals surface area contributed by atoms with E-state index in [1.165, 1.54) is 25.1 Å². The highest BCUT2D eigenvalue weighted by atomic mass is 32.2. The standard InChI is InChI=1S/C12H17N3O4S/c1-9-7-10(15(16)17)3-4-11(9)20(18,19)14-8-12(13)5-2-6-12/h3-4,7,14H,2,5-6,8,13H2,1H3. The Balaban J connectivity index is 2.18. The molecule has 0 saturated heterocycles. The quantitative estimate of drug-likeness (QED) is 0.623. The molecule has 1 aliphatic carbocycles. The number of hydrogen-bond acceptors (Lipinski definition) is 5. The largest absolute Gasteiger partial charge is 0.324 e. The van der Waals surface area contributed by atoms with Crippen LogP contribution in [0.4, 0.5) is 5.69 Å². The van der Waals surface area contributed by atoms with Crippen LogP contribution in [-0.4, -0.2) is 25.4 Å². The van der Waals surface area contributed by atoms with Crippen LogP contribution in [0.25, 0.3) is 0 Å². The molecular weight excluding hydrogens is 282 g/mol. The minimum atomic E-state index is -3.70. The van der Waals surface area contributed by atoms with Crippen LogP contribution in [0.5, 0.6) is 0 Å². The fourth-order valence-corrected chi connectivity index (χ4v) is 3.54. The predicted molar refractivity (Wildman–Crippen MR) is 73.8 cm³/mol. The maximum Gasteiger partial charge on any atom is 0.269 e. The average molecular weight is 299 g/mol. The van der Waals surface area contributed by atoms with Gasteiger partial charge in [-0.05, 0) is 37.8 Å². The molecule has 8 heteroatoms. The number of nitro groups is 1. The SMILES string of the molecule is Cc1cc([N+](=O)[O-])ccc1S(=O)(=O)NCC1(N)CCC1. The maximum atomic E-state index is 12.2. The van der Waals surface area contributed by atoms with Gasteiger partial charge in [0.2, 0.25) is 10.0 Å². The third kappa shape index (κ3) is 2.97. The van der Waals surface area contributed by atoms with Gasteiger partial charge in [0.15, 0.2) is 0 Å². The molecule has 1 aromatic rings. The van der Waals surface area contributed by atoms with E-state index in [0.717, 1.165) is 19.3 Å². The number of hydrogen-bond donors (Lipinski definition) is 2. The van der Waals surface area contributed by atoms with Crippen molar-refractivity contribution in [1.29, 1.82) is 0 Å². The van der Waals surface area contributed by atoms with E-state index in [2.05, 4.69) is 4.72 Å². The first-order valence-corrected chi connectivity index (χ1v) is 7.75. The van der Waals surface area contributed by atoms with E-state index in [-0.39, 0.29) is 17.1 Å². The number of benzene rings is 1. The molecule has 20 heavy (non-hydrogen) atoms. The Hall–Kier alpha value is -1.51. The lowest BCUT2D eigenvalue weighted by molar-refractivity contribution is -0.385. The lowest BCUT2D eigenvalue weighted by Gasteiger charge is -2.38. The normalized spacial score (nSPS) is 17.5. The van der Waals surface area contributed by atoms with E-state index in [9.17, 15) is 18.5 Å². The Morgan fingerprint density at radius 2 is 2.10 bits per heavy atom. The lowest BCUT2D eigenvalue weighted by atomic mass is 9.78. The highest BCUT2D eigenvalue weighted by Gasteiger charge is 2.34. The molecule has 1 fully saturated rings. The first kappa shape index (κ1) is 14.9. The summed E-state index contributed by atoms with van der Waals surface area (Å²) in [5.41, 5.74) is 5.73. The van der Waals surface area contributed by atoms with Crippen molar-refractivity contribution in [3.8, 4) is 0 Å². The molecule has 0 bridgehead atoms. The number of nitrogens with one attached hydrogen (secondary N) is 1. The van der Waals surface area contributed by atoms with Crippen LogP contribution in [0, 0.1) is 17.0 Å². The fraction of sp³-hybridized carbons (Fsp3) is 0.500. The van der Waals surface area contributed by atoms with Crippen molar-refractivity contribution in [2.24, 2.45) is 5.73 Å². The monoisotopic (exact) mass is 299 g/mol. The van der Waals surface area contributed by atoms with Gasteiger partial charge in [-0.15, -0.1) is 0 Å². The number of aryl methyl sites for hydroxylation is 1. The Kier molecular flexibility index (Phi) is 3.81. The summed E-state index contributed by atoms with van der Waals surface area (Å²) >= 11 is 0. The van der Waals surface area contributed by atoms with Crippen LogP contribution in [0.15, 0.2) is 23.1 Å². The van der Waals surface area contributed by atoms with Crippen molar-refractivity contribution < 1.29 is 13.3 Å². The average Bonchev–Trinajstić information content (AvgIpc) is 2.33. The first-order chi connectivity index (χ1) is 9.23. The Bertz CT molecular complexity index is 638. The number of sulfonamides is 1. The summed E-state index contributed by atoms with van der Waals surface area (Å²) in [6.45, 7) is 1.72. The second-order valence-corrected chi connectivity index (χ2v) is 6.98. The molecule has 0 atom stereocenters. The minimum absolute atomic E-state index is 0.0472. The fourth-order valence-electron chi connectivity index (χ4n) is 2.17. The van der Waals surface area contributed by atoms with Gasteiger partial charge < -0.3 is 5.73 Å². The molecule has 110 valence electrons. The van der Waals surface area contributed by atoms with Gasteiger partial charge in [-0.1, -0.05) is 0 Å². The van der Waals surface area contributed by atoms with Gasteiger partial charge in [0.1, 0.15) is 0 Å². The highest BCUT2D eigenvalue weighted by molar-refractivity contribution is 7.89. The van der Waals surface area contributed by atoms with Crippen LogP contribution in [0.3, 0.4) is 0 Å². The molecule has 0 heterocycles. The third-order valence-corrected chi connectivity index (χ3v) is 5.18. The van der Waals surface area contributed by atoms with Gasteiger partial charge >= 0.3 is 0 Å². The maximum absolute atomic E-state index is 12.2. The zero-order chi connectivity index (χ0) is 15.0. The van der Waals surface area contributed by atoms with Crippen LogP contribution < -0.4 is 10.5 Å². The van der Waals surface area contributed by atoms with Crippen molar-refractivity contribution >= 4 is 15.7 Å². The van der Waals surface area contributed by atoms with E-state index >= 15 is 0 Å². The topological polar surface area (TPSA) is 115 Å². The second-order valence-electron chi connectivity index (χ2n) is 5.25. The second kappa shape index (κ2) is 5.12. The van der Waals surface area contributed by atoms with Gasteiger partial charge in [-0.3, -0.25) is 10.1 Å². The number of non-ortho nitro benzene ring substituents is 1. The summed E-state index contributed by atoms with van der Waals surface area (Å²) in [5, 5.41) is 10.6. The molecule has 7 nitrogen and oxygen atoms in total. The van der Waals surface area contributed by atoms with E-state index in [0.29, 0.717) is 5.56 Å². The van der Waals surface area contributed by atoms with Crippen molar-refractivity contribution in [3.63, 3.8) is 0 Å². The van der Waals surface area contributed by atoms with Crippen LogP contribution >= 0.6 is 0 Å². The molecule has 1 saturated carbocycles. The van der Waals surface area contributed by atoms with Crippen LogP contribution in [0.2, 0.25) is 0 Å². The highest BCUT2D eigenvalue weighted by Crippen LogP contribution is 2.29. The van der Waals surface area contributed by atoms with Gasteiger partial charge in [0.05, 0.1) is 9.82 Å². The summed E-state index contributed by atoms with van der Waals surface area (Å²) in [4.78, 5) is 10.1. The predicted octanol–water partition coefficient (Wildman–Crippen LogP) is 1.06. The molecule has 0 amide bonds. The molecule has 0 aliphatic heterocycles. The molecular formula is C12H17N3O4S. The van der Waals surface area contributed by atoms with Crippen molar-refractivity contribution in [2.75, 3.05) is 6.54 Å². The molecule has 0 radical (unpaired) electrons. The molecule has 1 aliphatic rings. The summed E-state index contributed by atoms with van der Waals surface area (Å²) in [6, 6.07) is 3.68. The zero-order valence-corrected chi connectivity index (χ0v) is 11.9. The van der Waals surface area contributed by atoms with Gasteiger partial charge in [0, 0.05) is 24.2 Å². The number of nitrogens with two attached hydrogens (primary N) is 1. The molecule has 3 N–H and O–H groups in total. The van der Waals surface area contributed by atoms with Crippen molar-refractivity contribution in [3.05, 3.63) is 33.9 Å². The Labute approximate surface area is 117 Å². The molecule has 0 spiro atoms. The molecule has 0 unspecified atom stereocenters. The number of rotatable bonds is 5. The Morgan fingerprint density at radius 3 is 2.55 bits per heavy atom. The van der Waals surface area contributed by atoms with Gasteiger partial charge in [0.25, 0.3) is 5.69 Å². The Morgan fingerprint density at radius 1 is 1.45 bits per heavy atom. The van der Waals surface area contributed by atoms with E-state index in [1.54, 1.807) is 0 Å². The molecule has 1 aromatic carbocycles. The van der Waals surface area contributed by atoms with Crippen molar-refractivity contribution in [2.45, 2.75) is 36.6 Å². The summed E-state index contributed by atoms with van der Waals surface area (Å²) in [7, 11) is -3.70. The number of nitro benzene ring substituents is 1. The smallest absolute Gasteiger partial charge is 0.269 e. The zero-order valence-electron chi connectivity index (χ0n) is 11.1. The minimum Gasteiger partial charge on any atom is -0.324 e. The van der Waals surface area contributed by atoms with Crippen LogP contribution in [-0.2, 0) is 10.0 Å². The van der Waals surface area contributed by atoms with Gasteiger partial charge in [-0.2, -0.15) is 0 Å². The first-order valence-electron chi connectivity index (χ1n) is 6.27. The summed E-state index contributed by atoms with van der Waals surface area (Å²) in [5.74, 6) is 0. The number of nitrogens with zero attached hydrogens (tertiary/aromatic N) is 1. The lowest BCUT2D eigenvalue weighted by Crippen LogP contribution is -2.54. The van der Waals surface area contributed by atoms with Crippen molar-refractivity contribution in [1.82, 2.24) is 4.72 Å². The third-order valence-electron chi connectivity index (χ3n) is 3.62. The molecule has 0 aromatic heterocycles.